The van der Waals surface area contributed by atoms with Crippen molar-refractivity contribution in [1.29, 1.82) is 0 Å². The predicted octanol–water partition coefficient (Wildman–Crippen LogP) is 1.35. The Hall–Kier alpha value is -1.06. The predicted molar refractivity (Wildman–Crippen MR) is 58.4 cm³/mol. The number of hydrogen-bond acceptors (Lipinski definition) is 3. The summed E-state index contributed by atoms with van der Waals surface area (Å²) in [6, 6.07) is 8.15. The molecule has 0 fully saturated rings. The van der Waals surface area contributed by atoms with Gasteiger partial charge in [0.05, 0.1) is 6.61 Å². The van der Waals surface area contributed by atoms with E-state index in [2.05, 4.69) is 22.8 Å². The Morgan fingerprint density at radius 3 is 2.50 bits per heavy atom. The van der Waals surface area contributed by atoms with Crippen LogP contribution in [0.5, 0.6) is 5.75 Å². The van der Waals surface area contributed by atoms with E-state index in [1.165, 1.54) is 5.56 Å². The lowest BCUT2D eigenvalue weighted by Crippen LogP contribution is -2.25. The van der Waals surface area contributed by atoms with Crippen molar-refractivity contribution in [1.82, 2.24) is 10.6 Å². The van der Waals surface area contributed by atoms with E-state index in [0.717, 1.165) is 25.6 Å². The van der Waals surface area contributed by atoms with Crippen molar-refractivity contribution >= 4 is 0 Å². The fourth-order valence-corrected chi connectivity index (χ4v) is 1.20. The molecule has 1 aromatic rings. The van der Waals surface area contributed by atoms with Crippen LogP contribution in [0.4, 0.5) is 0 Å². The van der Waals surface area contributed by atoms with Crippen LogP contribution < -0.4 is 15.4 Å². The molecule has 1 aromatic carbocycles. The zero-order chi connectivity index (χ0) is 10.2. The molecule has 0 bridgehead atoms. The molecule has 0 radical (unpaired) electrons. The quantitative estimate of drug-likeness (QED) is 0.530. The highest BCUT2D eigenvalue weighted by Crippen LogP contribution is 2.11. The zero-order valence-corrected chi connectivity index (χ0v) is 8.84. The van der Waals surface area contributed by atoms with E-state index in [1.807, 2.05) is 26.1 Å². The first kappa shape index (κ1) is 11.0. The second kappa shape index (κ2) is 6.40. The van der Waals surface area contributed by atoms with Crippen molar-refractivity contribution < 1.29 is 4.74 Å². The Balaban J connectivity index is 2.38. The minimum Gasteiger partial charge on any atom is -0.494 e. The molecule has 0 aliphatic heterocycles. The molecule has 0 aliphatic carbocycles. The molecule has 0 saturated carbocycles. The maximum atomic E-state index is 5.35. The number of rotatable bonds is 6. The van der Waals surface area contributed by atoms with Gasteiger partial charge in [-0.2, -0.15) is 0 Å². The van der Waals surface area contributed by atoms with Crippen LogP contribution in [-0.2, 0) is 6.54 Å². The fourth-order valence-electron chi connectivity index (χ4n) is 1.20. The van der Waals surface area contributed by atoms with Crippen LogP contribution in [0, 0.1) is 0 Å². The number of hydrogen-bond donors (Lipinski definition) is 2. The van der Waals surface area contributed by atoms with Gasteiger partial charge in [-0.05, 0) is 31.7 Å². The molecule has 14 heavy (non-hydrogen) atoms. The van der Waals surface area contributed by atoms with E-state index in [-0.39, 0.29) is 0 Å². The van der Waals surface area contributed by atoms with E-state index in [0.29, 0.717) is 0 Å². The molecule has 3 nitrogen and oxygen atoms in total. The monoisotopic (exact) mass is 194 g/mol. The average molecular weight is 194 g/mol. The Morgan fingerprint density at radius 2 is 1.93 bits per heavy atom. The summed E-state index contributed by atoms with van der Waals surface area (Å²) in [4.78, 5) is 0. The van der Waals surface area contributed by atoms with E-state index in [4.69, 9.17) is 4.74 Å². The van der Waals surface area contributed by atoms with Crippen LogP contribution >= 0.6 is 0 Å². The Morgan fingerprint density at radius 1 is 1.21 bits per heavy atom. The molecular formula is C11H18N2O. The summed E-state index contributed by atoms with van der Waals surface area (Å²) in [6.07, 6.45) is 0. The van der Waals surface area contributed by atoms with E-state index >= 15 is 0 Å². The van der Waals surface area contributed by atoms with E-state index in [1.54, 1.807) is 0 Å². The first-order valence-corrected chi connectivity index (χ1v) is 4.94. The SMILES string of the molecule is CCOc1ccc(CNCNC)cc1. The van der Waals surface area contributed by atoms with E-state index < -0.39 is 0 Å². The average Bonchev–Trinajstić information content (AvgIpc) is 2.21. The van der Waals surface area contributed by atoms with Crippen LogP contribution in [-0.4, -0.2) is 20.3 Å². The summed E-state index contributed by atoms with van der Waals surface area (Å²) in [7, 11) is 1.92. The van der Waals surface area contributed by atoms with Crippen LogP contribution in [0.15, 0.2) is 24.3 Å². The summed E-state index contributed by atoms with van der Waals surface area (Å²) >= 11 is 0. The van der Waals surface area contributed by atoms with Crippen molar-refractivity contribution in [3.05, 3.63) is 29.8 Å². The Labute approximate surface area is 85.5 Å². The van der Waals surface area contributed by atoms with Gasteiger partial charge in [-0.1, -0.05) is 12.1 Å². The van der Waals surface area contributed by atoms with E-state index in [9.17, 15) is 0 Å². The second-order valence-electron chi connectivity index (χ2n) is 3.03. The maximum absolute atomic E-state index is 5.35. The van der Waals surface area contributed by atoms with Crippen molar-refractivity contribution in [3.8, 4) is 5.75 Å². The molecule has 1 rings (SSSR count). The number of nitrogens with one attached hydrogen (secondary N) is 2. The van der Waals surface area contributed by atoms with Crippen molar-refractivity contribution in [2.75, 3.05) is 20.3 Å². The third-order valence-electron chi connectivity index (χ3n) is 1.87. The van der Waals surface area contributed by atoms with Crippen LogP contribution in [0.2, 0.25) is 0 Å². The molecule has 0 unspecified atom stereocenters. The van der Waals surface area contributed by atoms with Gasteiger partial charge in [0.2, 0.25) is 0 Å². The van der Waals surface area contributed by atoms with Gasteiger partial charge < -0.3 is 15.4 Å². The normalized spacial score (nSPS) is 10.1. The van der Waals surface area contributed by atoms with Gasteiger partial charge >= 0.3 is 0 Å². The first-order valence-electron chi connectivity index (χ1n) is 4.94. The highest BCUT2D eigenvalue weighted by molar-refractivity contribution is 5.27. The van der Waals surface area contributed by atoms with Crippen LogP contribution in [0.1, 0.15) is 12.5 Å². The lowest BCUT2D eigenvalue weighted by molar-refractivity contribution is 0.340. The molecule has 78 valence electrons. The van der Waals surface area contributed by atoms with Crippen LogP contribution in [0.3, 0.4) is 0 Å². The van der Waals surface area contributed by atoms with Crippen molar-refractivity contribution in [2.45, 2.75) is 13.5 Å². The standard InChI is InChI=1S/C11H18N2O/c1-3-14-11-6-4-10(5-7-11)8-13-9-12-2/h4-7,12-13H,3,8-9H2,1-2H3. The molecule has 0 spiro atoms. The minimum absolute atomic E-state index is 0.720. The second-order valence-corrected chi connectivity index (χ2v) is 3.03. The molecule has 0 aliphatic rings. The van der Waals surface area contributed by atoms with Gasteiger partial charge in [-0.25, -0.2) is 0 Å². The third-order valence-corrected chi connectivity index (χ3v) is 1.87. The summed E-state index contributed by atoms with van der Waals surface area (Å²) in [5.74, 6) is 0.935. The van der Waals surface area contributed by atoms with Gasteiger partial charge in [-0.15, -0.1) is 0 Å². The molecule has 0 heterocycles. The highest BCUT2D eigenvalue weighted by Gasteiger charge is 1.93. The largest absolute Gasteiger partial charge is 0.494 e. The highest BCUT2D eigenvalue weighted by atomic mass is 16.5. The zero-order valence-electron chi connectivity index (χ0n) is 8.84. The van der Waals surface area contributed by atoms with Gasteiger partial charge in [0.25, 0.3) is 0 Å². The molecule has 0 atom stereocenters. The maximum Gasteiger partial charge on any atom is 0.119 e. The molecule has 0 saturated heterocycles. The minimum atomic E-state index is 0.720. The lowest BCUT2D eigenvalue weighted by Gasteiger charge is -2.06. The Bertz CT molecular complexity index is 246. The smallest absolute Gasteiger partial charge is 0.119 e. The topological polar surface area (TPSA) is 33.3 Å². The third kappa shape index (κ3) is 3.77. The molecule has 3 heteroatoms. The lowest BCUT2D eigenvalue weighted by atomic mass is 10.2. The number of benzene rings is 1. The summed E-state index contributed by atoms with van der Waals surface area (Å²) in [6.45, 7) is 4.42. The molecule has 2 N–H and O–H groups in total. The fraction of sp³-hybridized carbons (Fsp3) is 0.455. The van der Waals surface area contributed by atoms with Gasteiger partial charge in [0, 0.05) is 13.2 Å². The molecular weight excluding hydrogens is 176 g/mol. The number of ether oxygens (including phenoxy) is 1. The van der Waals surface area contributed by atoms with Gasteiger partial charge in [0.15, 0.2) is 0 Å². The molecule has 0 aromatic heterocycles. The van der Waals surface area contributed by atoms with Gasteiger partial charge in [-0.3, -0.25) is 0 Å². The first-order chi connectivity index (χ1) is 6.86. The van der Waals surface area contributed by atoms with Crippen molar-refractivity contribution in [2.24, 2.45) is 0 Å². The van der Waals surface area contributed by atoms with Crippen LogP contribution in [0.25, 0.3) is 0 Å². The summed E-state index contributed by atoms with van der Waals surface area (Å²) in [5, 5.41) is 6.28. The van der Waals surface area contributed by atoms with Gasteiger partial charge in [0.1, 0.15) is 5.75 Å². The van der Waals surface area contributed by atoms with Crippen molar-refractivity contribution in [3.63, 3.8) is 0 Å². The molecule has 0 amide bonds. The summed E-state index contributed by atoms with van der Waals surface area (Å²) in [5.41, 5.74) is 1.27. The summed E-state index contributed by atoms with van der Waals surface area (Å²) < 4.78 is 5.35. The Kier molecular flexibility index (Phi) is 5.04.